The Balaban J connectivity index is 1.84. The number of likely N-dealkylation sites (N-methyl/N-ethyl adjacent to an activating group) is 1. The number of furan rings is 1. The van der Waals surface area contributed by atoms with Crippen LogP contribution in [0.2, 0.25) is 0 Å². The number of piperazine rings is 1. The van der Waals surface area contributed by atoms with Crippen LogP contribution in [0.5, 0.6) is 0 Å². The van der Waals surface area contributed by atoms with Crippen molar-refractivity contribution in [2.75, 3.05) is 26.7 Å². The molecule has 1 aromatic heterocycles. The summed E-state index contributed by atoms with van der Waals surface area (Å²) in [7, 11) is 2.20. The summed E-state index contributed by atoms with van der Waals surface area (Å²) in [5.74, 6) is 2.10. The summed E-state index contributed by atoms with van der Waals surface area (Å²) >= 11 is 0. The molecule has 1 saturated heterocycles. The monoisotopic (exact) mass is 279 g/mol. The smallest absolute Gasteiger partial charge is 0.118 e. The van der Waals surface area contributed by atoms with E-state index in [4.69, 9.17) is 4.42 Å². The molecule has 0 amide bonds. The fraction of sp³-hybridized carbons (Fsp3) is 0.750. The van der Waals surface area contributed by atoms with Crippen molar-refractivity contribution in [1.29, 1.82) is 0 Å². The zero-order chi connectivity index (χ0) is 14.8. The van der Waals surface area contributed by atoms with E-state index in [1.165, 1.54) is 0 Å². The van der Waals surface area contributed by atoms with Crippen LogP contribution in [0, 0.1) is 0 Å². The van der Waals surface area contributed by atoms with Crippen molar-refractivity contribution in [3.63, 3.8) is 0 Å². The molecule has 2 heterocycles. The topological polar surface area (TPSA) is 31.6 Å². The highest BCUT2D eigenvalue weighted by molar-refractivity contribution is 5.07. The SMILES string of the molecule is CC1CN(Cc2ccc(CNC(C)(C)C)o2)CCN1C. The average Bonchev–Trinajstić information content (AvgIpc) is 2.78. The maximum Gasteiger partial charge on any atom is 0.118 e. The van der Waals surface area contributed by atoms with Crippen LogP contribution in [0.15, 0.2) is 16.5 Å². The first-order valence-electron chi connectivity index (χ1n) is 7.59. The molecule has 0 aromatic carbocycles. The van der Waals surface area contributed by atoms with Crippen molar-refractivity contribution in [2.24, 2.45) is 0 Å². The highest BCUT2D eigenvalue weighted by atomic mass is 16.3. The molecule has 0 aliphatic carbocycles. The van der Waals surface area contributed by atoms with Crippen LogP contribution in [0.3, 0.4) is 0 Å². The fourth-order valence-corrected chi connectivity index (χ4v) is 2.44. The van der Waals surface area contributed by atoms with Gasteiger partial charge in [0.2, 0.25) is 0 Å². The standard InChI is InChI=1S/C16H29N3O/c1-13-11-19(9-8-18(13)5)12-15-7-6-14(20-15)10-17-16(2,3)4/h6-7,13,17H,8-12H2,1-5H3. The van der Waals surface area contributed by atoms with Gasteiger partial charge in [-0.15, -0.1) is 0 Å². The van der Waals surface area contributed by atoms with E-state index in [2.05, 4.69) is 62.0 Å². The van der Waals surface area contributed by atoms with E-state index < -0.39 is 0 Å². The summed E-state index contributed by atoms with van der Waals surface area (Å²) in [6.45, 7) is 13.9. The van der Waals surface area contributed by atoms with E-state index in [0.29, 0.717) is 6.04 Å². The lowest BCUT2D eigenvalue weighted by atomic mass is 10.1. The first kappa shape index (κ1) is 15.5. The second-order valence-corrected chi connectivity index (χ2v) is 7.04. The molecule has 1 N–H and O–H groups in total. The normalized spacial score (nSPS) is 22.4. The Morgan fingerprint density at radius 2 is 1.95 bits per heavy atom. The Hall–Kier alpha value is -0.840. The summed E-state index contributed by atoms with van der Waals surface area (Å²) < 4.78 is 5.93. The molecule has 4 nitrogen and oxygen atoms in total. The van der Waals surface area contributed by atoms with Gasteiger partial charge in [0.1, 0.15) is 11.5 Å². The average molecular weight is 279 g/mol. The highest BCUT2D eigenvalue weighted by Crippen LogP contribution is 2.15. The Kier molecular flexibility index (Phi) is 4.89. The Morgan fingerprint density at radius 1 is 1.25 bits per heavy atom. The molecule has 0 bridgehead atoms. The van der Waals surface area contributed by atoms with Crippen molar-refractivity contribution in [3.05, 3.63) is 23.7 Å². The van der Waals surface area contributed by atoms with Crippen molar-refractivity contribution in [3.8, 4) is 0 Å². The van der Waals surface area contributed by atoms with Crippen LogP contribution >= 0.6 is 0 Å². The van der Waals surface area contributed by atoms with E-state index in [1.54, 1.807) is 0 Å². The zero-order valence-electron chi connectivity index (χ0n) is 13.6. The molecule has 114 valence electrons. The van der Waals surface area contributed by atoms with Crippen molar-refractivity contribution < 1.29 is 4.42 Å². The molecule has 1 aromatic rings. The van der Waals surface area contributed by atoms with Gasteiger partial charge in [0.25, 0.3) is 0 Å². The summed E-state index contributed by atoms with van der Waals surface area (Å²) in [4.78, 5) is 4.89. The van der Waals surface area contributed by atoms with Gasteiger partial charge >= 0.3 is 0 Å². The third-order valence-corrected chi connectivity index (χ3v) is 3.93. The quantitative estimate of drug-likeness (QED) is 0.916. The number of rotatable bonds is 4. The Labute approximate surface area is 123 Å². The molecule has 0 radical (unpaired) electrons. The van der Waals surface area contributed by atoms with Crippen LogP contribution in [-0.4, -0.2) is 48.1 Å². The van der Waals surface area contributed by atoms with Crippen molar-refractivity contribution >= 4 is 0 Å². The molecule has 1 fully saturated rings. The van der Waals surface area contributed by atoms with Gasteiger partial charge < -0.3 is 14.6 Å². The third-order valence-electron chi connectivity index (χ3n) is 3.93. The third kappa shape index (κ3) is 4.62. The predicted octanol–water partition coefficient (Wildman–Crippen LogP) is 2.30. The first-order chi connectivity index (χ1) is 9.33. The summed E-state index contributed by atoms with van der Waals surface area (Å²) in [6.07, 6.45) is 0. The minimum atomic E-state index is 0.125. The van der Waals surface area contributed by atoms with Gasteiger partial charge in [-0.25, -0.2) is 0 Å². The van der Waals surface area contributed by atoms with Crippen molar-refractivity contribution in [1.82, 2.24) is 15.1 Å². The first-order valence-corrected chi connectivity index (χ1v) is 7.59. The molecule has 20 heavy (non-hydrogen) atoms. The van der Waals surface area contributed by atoms with Gasteiger partial charge in [0.15, 0.2) is 0 Å². The fourth-order valence-electron chi connectivity index (χ4n) is 2.44. The molecule has 0 saturated carbocycles. The molecule has 1 atom stereocenters. The van der Waals surface area contributed by atoms with Gasteiger partial charge in [0.05, 0.1) is 13.1 Å². The number of hydrogen-bond acceptors (Lipinski definition) is 4. The number of hydrogen-bond donors (Lipinski definition) is 1. The minimum Gasteiger partial charge on any atom is -0.463 e. The van der Waals surface area contributed by atoms with E-state index in [0.717, 1.165) is 44.2 Å². The largest absolute Gasteiger partial charge is 0.463 e. The maximum absolute atomic E-state index is 5.93. The Morgan fingerprint density at radius 3 is 2.60 bits per heavy atom. The zero-order valence-corrected chi connectivity index (χ0v) is 13.6. The molecule has 1 aliphatic heterocycles. The highest BCUT2D eigenvalue weighted by Gasteiger charge is 2.21. The van der Waals surface area contributed by atoms with E-state index in [1.807, 2.05) is 0 Å². The Bertz CT molecular complexity index is 422. The number of nitrogens with one attached hydrogen (secondary N) is 1. The molecule has 1 aliphatic rings. The summed E-state index contributed by atoms with van der Waals surface area (Å²) in [5, 5.41) is 3.45. The molecule has 4 heteroatoms. The van der Waals surface area contributed by atoms with Crippen LogP contribution in [0.25, 0.3) is 0 Å². The van der Waals surface area contributed by atoms with Crippen LogP contribution in [-0.2, 0) is 13.1 Å². The van der Waals surface area contributed by atoms with Gasteiger partial charge in [-0.2, -0.15) is 0 Å². The number of nitrogens with zero attached hydrogens (tertiary/aromatic N) is 2. The lowest BCUT2D eigenvalue weighted by molar-refractivity contribution is 0.0942. The predicted molar refractivity (Wildman–Crippen MR) is 82.7 cm³/mol. The van der Waals surface area contributed by atoms with Gasteiger partial charge in [0, 0.05) is 31.2 Å². The van der Waals surface area contributed by atoms with Gasteiger partial charge in [-0.05, 0) is 46.9 Å². The lowest BCUT2D eigenvalue weighted by Crippen LogP contribution is -2.49. The van der Waals surface area contributed by atoms with Crippen LogP contribution < -0.4 is 5.32 Å². The minimum absolute atomic E-state index is 0.125. The van der Waals surface area contributed by atoms with Gasteiger partial charge in [-0.1, -0.05) is 0 Å². The lowest BCUT2D eigenvalue weighted by Gasteiger charge is -2.37. The van der Waals surface area contributed by atoms with Gasteiger partial charge in [-0.3, -0.25) is 4.90 Å². The molecular formula is C16H29N3O. The maximum atomic E-state index is 5.93. The second kappa shape index (κ2) is 6.29. The van der Waals surface area contributed by atoms with E-state index >= 15 is 0 Å². The molecule has 1 unspecified atom stereocenters. The van der Waals surface area contributed by atoms with Crippen LogP contribution in [0.1, 0.15) is 39.2 Å². The summed E-state index contributed by atoms with van der Waals surface area (Å²) in [5.41, 5.74) is 0.125. The van der Waals surface area contributed by atoms with E-state index in [9.17, 15) is 0 Å². The summed E-state index contributed by atoms with van der Waals surface area (Å²) in [6, 6.07) is 4.83. The van der Waals surface area contributed by atoms with Crippen LogP contribution in [0.4, 0.5) is 0 Å². The molecule has 0 spiro atoms. The van der Waals surface area contributed by atoms with Crippen molar-refractivity contribution in [2.45, 2.75) is 52.4 Å². The second-order valence-electron chi connectivity index (χ2n) is 7.04. The molecule has 2 rings (SSSR count). The molecular weight excluding hydrogens is 250 g/mol. The van der Waals surface area contributed by atoms with E-state index in [-0.39, 0.29) is 5.54 Å².